The van der Waals surface area contributed by atoms with Gasteiger partial charge in [0.1, 0.15) is 23.2 Å². The monoisotopic (exact) mass is 612 g/mol. The van der Waals surface area contributed by atoms with Crippen LogP contribution >= 0.6 is 7.52 Å². The van der Waals surface area contributed by atoms with Crippen molar-refractivity contribution in [3.8, 4) is 28.3 Å². The van der Waals surface area contributed by atoms with E-state index in [9.17, 15) is 14.2 Å². The number of hydrogen-bond acceptors (Lipinski definition) is 7. The molecule has 0 aliphatic heterocycles. The van der Waals surface area contributed by atoms with Crippen LogP contribution in [0.1, 0.15) is 33.6 Å². The van der Waals surface area contributed by atoms with Crippen LogP contribution in [0.4, 0.5) is 5.82 Å². The lowest BCUT2D eigenvalue weighted by Gasteiger charge is -2.22. The van der Waals surface area contributed by atoms with Crippen LogP contribution in [0.15, 0.2) is 95.5 Å². The summed E-state index contributed by atoms with van der Waals surface area (Å²) >= 11 is 0. The maximum Gasteiger partial charge on any atom is 0.382 e. The predicted molar refractivity (Wildman–Crippen MR) is 168 cm³/mol. The van der Waals surface area contributed by atoms with Gasteiger partial charge in [0.15, 0.2) is 5.82 Å². The molecule has 1 aliphatic carbocycles. The molecule has 6 rings (SSSR count). The first-order chi connectivity index (χ1) is 21.2. The molecular weight excluding hydrogens is 579 g/mol. The second-order valence-corrected chi connectivity index (χ2v) is 13.0. The highest BCUT2D eigenvalue weighted by atomic mass is 31.2. The van der Waals surface area contributed by atoms with Crippen molar-refractivity contribution in [3.63, 3.8) is 0 Å². The summed E-state index contributed by atoms with van der Waals surface area (Å²) in [6.45, 7) is 5.06. The molecule has 2 N–H and O–H groups in total. The Balaban J connectivity index is 1.30. The van der Waals surface area contributed by atoms with Gasteiger partial charge in [-0.25, -0.2) is 10.1 Å². The number of aromatic nitrogens is 2. The van der Waals surface area contributed by atoms with Crippen LogP contribution in [0.2, 0.25) is 0 Å². The number of hydrogen-bond donors (Lipinski definition) is 2. The van der Waals surface area contributed by atoms with Crippen molar-refractivity contribution in [1.29, 1.82) is 0 Å². The number of ether oxygens (including phenoxy) is 1. The zero-order valence-corrected chi connectivity index (χ0v) is 25.5. The van der Waals surface area contributed by atoms with E-state index < -0.39 is 19.5 Å². The minimum atomic E-state index is -3.93. The lowest BCUT2D eigenvalue weighted by molar-refractivity contribution is -0.149. The minimum Gasteiger partial charge on any atom is -0.462 e. The Morgan fingerprint density at radius 3 is 2.45 bits per heavy atom. The van der Waals surface area contributed by atoms with Crippen molar-refractivity contribution >= 4 is 36.4 Å². The standard InChI is InChI=1S/C33H33N4O6P/c1-21(2)41-33(39)22(3)36-44(40,43-26-11-5-4-6-12-26)31-18-17-28(42-31)25-10-7-9-24(19-25)27-13-8-14-30-34-29(20-37(27)30)35-32(38)23-15-16-23/h4-14,17-23H,15-16H2,1-3H3,(H,35,38)(H,36,40)/t22-,44?/m0/s1. The number of benzene rings is 2. The zero-order valence-electron chi connectivity index (χ0n) is 24.6. The maximum absolute atomic E-state index is 14.3. The molecule has 0 spiro atoms. The largest absolute Gasteiger partial charge is 0.462 e. The molecule has 1 amide bonds. The SMILES string of the molecule is CC(C)OC(=O)[C@H](C)NP(=O)(Oc1ccccc1)c1ccc(-c2cccc(-c3cccc4nc(NC(=O)C5CC5)cn34)c2)o1. The van der Waals surface area contributed by atoms with Crippen LogP contribution in [0.3, 0.4) is 0 Å². The van der Waals surface area contributed by atoms with Gasteiger partial charge in [-0.1, -0.05) is 42.5 Å². The summed E-state index contributed by atoms with van der Waals surface area (Å²) in [4.78, 5) is 29.4. The number of pyridine rings is 1. The van der Waals surface area contributed by atoms with E-state index in [0.29, 0.717) is 23.0 Å². The van der Waals surface area contributed by atoms with E-state index in [-0.39, 0.29) is 23.4 Å². The van der Waals surface area contributed by atoms with Gasteiger partial charge in [0, 0.05) is 11.5 Å². The number of amides is 1. The molecule has 0 saturated heterocycles. The molecule has 11 heteroatoms. The zero-order chi connectivity index (χ0) is 30.8. The Hall–Kier alpha value is -4.66. The van der Waals surface area contributed by atoms with Gasteiger partial charge in [0.2, 0.25) is 11.4 Å². The highest BCUT2D eigenvalue weighted by Gasteiger charge is 2.36. The fraction of sp³-hybridized carbons (Fsp3) is 0.242. The van der Waals surface area contributed by atoms with Gasteiger partial charge < -0.3 is 19.0 Å². The van der Waals surface area contributed by atoms with Crippen molar-refractivity contribution < 1.29 is 27.8 Å². The minimum absolute atomic E-state index is 0.000178. The Morgan fingerprint density at radius 2 is 1.70 bits per heavy atom. The van der Waals surface area contributed by atoms with Crippen molar-refractivity contribution in [1.82, 2.24) is 14.5 Å². The van der Waals surface area contributed by atoms with Gasteiger partial charge in [0.05, 0.1) is 18.0 Å². The van der Waals surface area contributed by atoms with Gasteiger partial charge in [-0.15, -0.1) is 0 Å². The molecule has 1 aliphatic rings. The lowest BCUT2D eigenvalue weighted by atomic mass is 10.1. The third kappa shape index (κ3) is 6.46. The molecule has 5 aromatic rings. The third-order valence-corrected chi connectivity index (χ3v) is 9.08. The van der Waals surface area contributed by atoms with E-state index in [0.717, 1.165) is 29.7 Å². The van der Waals surface area contributed by atoms with Gasteiger partial charge in [-0.2, -0.15) is 0 Å². The number of nitrogens with one attached hydrogen (secondary N) is 2. The molecular formula is C33H33N4O6P. The van der Waals surface area contributed by atoms with E-state index >= 15 is 0 Å². The molecule has 2 aromatic carbocycles. The number of nitrogens with zero attached hydrogens (tertiary/aromatic N) is 2. The fourth-order valence-corrected chi connectivity index (χ4v) is 6.55. The summed E-state index contributed by atoms with van der Waals surface area (Å²) in [6, 6.07) is 24.6. The third-order valence-electron chi connectivity index (χ3n) is 7.06. The summed E-state index contributed by atoms with van der Waals surface area (Å²) in [6.07, 6.45) is 3.32. The van der Waals surface area contributed by atoms with Crippen LogP contribution in [0.25, 0.3) is 28.2 Å². The highest BCUT2D eigenvalue weighted by molar-refractivity contribution is 7.65. The van der Waals surface area contributed by atoms with Crippen LogP contribution in [0, 0.1) is 5.92 Å². The number of esters is 1. The molecule has 2 atom stereocenters. The summed E-state index contributed by atoms with van der Waals surface area (Å²) in [5, 5.41) is 5.75. The molecule has 3 heterocycles. The van der Waals surface area contributed by atoms with E-state index in [1.807, 2.05) is 59.1 Å². The molecule has 0 bridgehead atoms. The first-order valence-corrected chi connectivity index (χ1v) is 16.1. The quantitative estimate of drug-likeness (QED) is 0.129. The number of carbonyl (C=O) groups is 2. The number of fused-ring (bicyclic) bond motifs is 1. The second-order valence-electron chi connectivity index (χ2n) is 11.0. The number of furan rings is 1. The summed E-state index contributed by atoms with van der Waals surface area (Å²) in [5.41, 5.74) is 3.25. The first kappa shape index (κ1) is 29.4. The van der Waals surface area contributed by atoms with Crippen molar-refractivity contribution in [2.24, 2.45) is 5.92 Å². The maximum atomic E-state index is 14.3. The van der Waals surface area contributed by atoms with Crippen molar-refractivity contribution in [2.45, 2.75) is 45.8 Å². The van der Waals surface area contributed by atoms with E-state index in [1.165, 1.54) is 0 Å². The van der Waals surface area contributed by atoms with Crippen LogP contribution in [-0.4, -0.2) is 33.4 Å². The Morgan fingerprint density at radius 1 is 0.955 bits per heavy atom. The first-order valence-electron chi connectivity index (χ1n) is 14.5. The predicted octanol–water partition coefficient (Wildman–Crippen LogP) is 6.44. The molecule has 226 valence electrons. The van der Waals surface area contributed by atoms with Gasteiger partial charge in [-0.05, 0) is 81.6 Å². The second kappa shape index (κ2) is 12.1. The van der Waals surface area contributed by atoms with Crippen molar-refractivity contribution in [3.05, 3.63) is 91.1 Å². The molecule has 10 nitrogen and oxygen atoms in total. The van der Waals surface area contributed by atoms with Crippen molar-refractivity contribution in [2.75, 3.05) is 5.32 Å². The average Bonchev–Trinajstić information content (AvgIpc) is 3.58. The number of carbonyl (C=O) groups excluding carboxylic acids is 2. The summed E-state index contributed by atoms with van der Waals surface area (Å²) in [7, 11) is -3.93. The summed E-state index contributed by atoms with van der Waals surface area (Å²) < 4.78 is 33.7. The number of para-hydroxylation sites is 1. The topological polar surface area (TPSA) is 124 Å². The van der Waals surface area contributed by atoms with E-state index in [1.54, 1.807) is 57.2 Å². The van der Waals surface area contributed by atoms with Gasteiger partial charge in [0.25, 0.3) is 0 Å². The van der Waals surface area contributed by atoms with E-state index in [2.05, 4.69) is 15.4 Å². The van der Waals surface area contributed by atoms with Gasteiger partial charge in [-0.3, -0.25) is 18.6 Å². The molecule has 1 fully saturated rings. The Bertz CT molecular complexity index is 1860. The average molecular weight is 613 g/mol. The summed E-state index contributed by atoms with van der Waals surface area (Å²) in [5.74, 6) is 0.853. The van der Waals surface area contributed by atoms with Gasteiger partial charge >= 0.3 is 13.5 Å². The number of rotatable bonds is 11. The molecule has 1 unspecified atom stereocenters. The normalized spacial score (nSPS) is 15.1. The fourth-order valence-electron chi connectivity index (χ4n) is 4.76. The van der Waals surface area contributed by atoms with E-state index in [4.69, 9.17) is 13.7 Å². The number of anilines is 1. The lowest BCUT2D eigenvalue weighted by Crippen LogP contribution is -2.38. The molecule has 44 heavy (non-hydrogen) atoms. The molecule has 0 radical (unpaired) electrons. The van der Waals surface area contributed by atoms with Crippen LogP contribution in [0.5, 0.6) is 5.75 Å². The number of imidazole rings is 1. The Kier molecular flexibility index (Phi) is 8.12. The van der Waals surface area contributed by atoms with Crippen LogP contribution in [-0.2, 0) is 18.9 Å². The Labute approximate surface area is 254 Å². The molecule has 3 aromatic heterocycles. The molecule has 1 saturated carbocycles. The van der Waals surface area contributed by atoms with Crippen LogP contribution < -0.4 is 20.4 Å². The highest BCUT2D eigenvalue weighted by Crippen LogP contribution is 2.44. The smallest absolute Gasteiger partial charge is 0.382 e.